The van der Waals surface area contributed by atoms with E-state index in [1.165, 1.54) is 0 Å². The Kier molecular flexibility index (Phi) is 2.79. The number of nitrogens with zero attached hydrogens (tertiary/aromatic N) is 2. The van der Waals surface area contributed by atoms with Crippen molar-refractivity contribution >= 4 is 16.6 Å². The quantitative estimate of drug-likeness (QED) is 0.718. The Hall–Kier alpha value is -2.27. The Morgan fingerprint density at radius 1 is 1.40 bits per heavy atom. The zero-order chi connectivity index (χ0) is 14.3. The average Bonchev–Trinajstić information content (AvgIpc) is 2.96. The number of benzene rings is 1. The number of fused-ring (bicyclic) bond motifs is 1. The van der Waals surface area contributed by atoms with E-state index in [-0.39, 0.29) is 0 Å². The maximum atomic E-state index is 9.96. The van der Waals surface area contributed by atoms with Crippen LogP contribution in [0.25, 0.3) is 22.0 Å². The lowest BCUT2D eigenvalue weighted by atomic mass is 10.0. The van der Waals surface area contributed by atoms with E-state index in [2.05, 4.69) is 5.10 Å². The number of hydrogen-bond donors (Lipinski definition) is 2. The van der Waals surface area contributed by atoms with E-state index in [0.29, 0.717) is 12.2 Å². The summed E-state index contributed by atoms with van der Waals surface area (Å²) in [5.74, 6) is 0. The second-order valence-electron chi connectivity index (χ2n) is 5.62. The van der Waals surface area contributed by atoms with E-state index in [1.54, 1.807) is 37.3 Å². The van der Waals surface area contributed by atoms with Crippen LogP contribution in [-0.2, 0) is 6.54 Å². The summed E-state index contributed by atoms with van der Waals surface area (Å²) in [6.07, 6.45) is 5.04. The van der Waals surface area contributed by atoms with Crippen molar-refractivity contribution in [3.8, 4) is 11.1 Å². The van der Waals surface area contributed by atoms with E-state index in [0.717, 1.165) is 22.0 Å². The molecule has 0 spiro atoms. The predicted molar refractivity (Wildman–Crippen MR) is 78.1 cm³/mol. The molecular formula is C15H17N3O2. The minimum Gasteiger partial charge on any atom is -0.472 e. The van der Waals surface area contributed by atoms with Gasteiger partial charge in [0.05, 0.1) is 36.4 Å². The van der Waals surface area contributed by atoms with Gasteiger partial charge in [-0.1, -0.05) is 0 Å². The van der Waals surface area contributed by atoms with Gasteiger partial charge in [0.1, 0.15) is 0 Å². The summed E-state index contributed by atoms with van der Waals surface area (Å²) in [6.45, 7) is 3.94. The minimum atomic E-state index is -0.823. The fourth-order valence-corrected chi connectivity index (χ4v) is 2.30. The Morgan fingerprint density at radius 2 is 2.20 bits per heavy atom. The fourth-order valence-electron chi connectivity index (χ4n) is 2.30. The Balaban J connectivity index is 2.15. The molecule has 0 aliphatic rings. The molecule has 0 amide bonds. The summed E-state index contributed by atoms with van der Waals surface area (Å²) in [5.41, 5.74) is 8.72. The van der Waals surface area contributed by atoms with E-state index in [9.17, 15) is 5.11 Å². The van der Waals surface area contributed by atoms with Gasteiger partial charge in [0.25, 0.3) is 0 Å². The molecule has 0 aliphatic carbocycles. The van der Waals surface area contributed by atoms with Crippen LogP contribution in [0.5, 0.6) is 0 Å². The van der Waals surface area contributed by atoms with Crippen LogP contribution in [0.3, 0.4) is 0 Å². The third-order valence-electron chi connectivity index (χ3n) is 3.18. The molecule has 0 atom stereocenters. The molecule has 1 aromatic carbocycles. The maximum absolute atomic E-state index is 9.96. The summed E-state index contributed by atoms with van der Waals surface area (Å²) in [4.78, 5) is 0. The first kappa shape index (κ1) is 12.7. The minimum absolute atomic E-state index is 0.422. The highest BCUT2D eigenvalue weighted by atomic mass is 16.3. The van der Waals surface area contributed by atoms with Gasteiger partial charge >= 0.3 is 0 Å². The van der Waals surface area contributed by atoms with Crippen molar-refractivity contribution in [3.63, 3.8) is 0 Å². The molecule has 2 heterocycles. The summed E-state index contributed by atoms with van der Waals surface area (Å²) >= 11 is 0. The molecule has 5 nitrogen and oxygen atoms in total. The second-order valence-corrected chi connectivity index (χ2v) is 5.62. The summed E-state index contributed by atoms with van der Waals surface area (Å²) in [6, 6.07) is 5.74. The van der Waals surface area contributed by atoms with E-state index >= 15 is 0 Å². The van der Waals surface area contributed by atoms with Gasteiger partial charge in [-0.25, -0.2) is 0 Å². The molecule has 0 aliphatic heterocycles. The monoisotopic (exact) mass is 271 g/mol. The van der Waals surface area contributed by atoms with Gasteiger partial charge in [0.2, 0.25) is 0 Å². The van der Waals surface area contributed by atoms with Gasteiger partial charge < -0.3 is 15.3 Å². The van der Waals surface area contributed by atoms with Gasteiger partial charge in [-0.3, -0.25) is 4.68 Å². The van der Waals surface area contributed by atoms with Crippen LogP contribution in [0, 0.1) is 0 Å². The van der Waals surface area contributed by atoms with Crippen LogP contribution in [0.4, 0.5) is 5.69 Å². The SMILES string of the molecule is CC(C)(O)Cn1ncc2cc(N)c(-c3ccoc3)cc21. The first-order chi connectivity index (χ1) is 9.44. The summed E-state index contributed by atoms with van der Waals surface area (Å²) < 4.78 is 6.90. The molecule has 0 unspecified atom stereocenters. The van der Waals surface area contributed by atoms with Crippen molar-refractivity contribution in [2.45, 2.75) is 26.0 Å². The van der Waals surface area contributed by atoms with Crippen LogP contribution in [0.2, 0.25) is 0 Å². The Bertz CT molecular complexity index is 736. The molecule has 20 heavy (non-hydrogen) atoms. The topological polar surface area (TPSA) is 77.2 Å². The van der Waals surface area contributed by atoms with Gasteiger partial charge in [0.15, 0.2) is 0 Å². The molecule has 3 aromatic rings. The highest BCUT2D eigenvalue weighted by molar-refractivity contribution is 5.91. The van der Waals surface area contributed by atoms with Crippen molar-refractivity contribution in [3.05, 3.63) is 36.9 Å². The van der Waals surface area contributed by atoms with E-state index < -0.39 is 5.60 Å². The third kappa shape index (κ3) is 2.28. The van der Waals surface area contributed by atoms with Crippen molar-refractivity contribution in [2.75, 3.05) is 5.73 Å². The molecule has 2 aromatic heterocycles. The molecule has 104 valence electrons. The number of nitrogen functional groups attached to an aromatic ring is 1. The zero-order valence-electron chi connectivity index (χ0n) is 11.5. The number of hydrogen-bond acceptors (Lipinski definition) is 4. The number of aromatic nitrogens is 2. The number of nitrogens with two attached hydrogens (primary N) is 1. The van der Waals surface area contributed by atoms with Crippen molar-refractivity contribution < 1.29 is 9.52 Å². The molecule has 5 heteroatoms. The zero-order valence-corrected chi connectivity index (χ0v) is 11.5. The normalized spacial score (nSPS) is 12.2. The van der Waals surface area contributed by atoms with Crippen LogP contribution < -0.4 is 5.73 Å². The molecule has 0 radical (unpaired) electrons. The van der Waals surface area contributed by atoms with Gasteiger partial charge in [-0.05, 0) is 32.0 Å². The van der Waals surface area contributed by atoms with Crippen LogP contribution in [-0.4, -0.2) is 20.5 Å². The lowest BCUT2D eigenvalue weighted by Crippen LogP contribution is -2.26. The fraction of sp³-hybridized carbons (Fsp3) is 0.267. The lowest BCUT2D eigenvalue weighted by Gasteiger charge is -2.17. The molecular weight excluding hydrogens is 254 g/mol. The lowest BCUT2D eigenvalue weighted by molar-refractivity contribution is 0.0591. The molecule has 0 saturated heterocycles. The third-order valence-corrected chi connectivity index (χ3v) is 3.18. The Labute approximate surface area is 116 Å². The van der Waals surface area contributed by atoms with Crippen molar-refractivity contribution in [1.82, 2.24) is 9.78 Å². The summed E-state index contributed by atoms with van der Waals surface area (Å²) in [7, 11) is 0. The smallest absolute Gasteiger partial charge is 0.0981 e. The highest BCUT2D eigenvalue weighted by Gasteiger charge is 2.17. The first-order valence-corrected chi connectivity index (χ1v) is 6.44. The average molecular weight is 271 g/mol. The molecule has 0 fully saturated rings. The largest absolute Gasteiger partial charge is 0.472 e. The number of furan rings is 1. The standard InChI is InChI=1S/C15H17N3O2/c1-15(2,19)9-18-14-6-12(10-3-4-20-8-10)13(16)5-11(14)7-17-18/h3-8,19H,9,16H2,1-2H3. The van der Waals surface area contributed by atoms with Crippen molar-refractivity contribution in [2.24, 2.45) is 0 Å². The number of aliphatic hydroxyl groups is 1. The van der Waals surface area contributed by atoms with Gasteiger partial charge in [0, 0.05) is 22.2 Å². The molecule has 3 N–H and O–H groups in total. The molecule has 3 rings (SSSR count). The van der Waals surface area contributed by atoms with Crippen molar-refractivity contribution in [1.29, 1.82) is 0 Å². The summed E-state index contributed by atoms with van der Waals surface area (Å²) in [5, 5.41) is 15.2. The second kappa shape index (κ2) is 4.38. The van der Waals surface area contributed by atoms with Crippen LogP contribution >= 0.6 is 0 Å². The number of rotatable bonds is 3. The molecule has 0 saturated carbocycles. The number of anilines is 1. The van der Waals surface area contributed by atoms with E-state index in [4.69, 9.17) is 10.2 Å². The van der Waals surface area contributed by atoms with Gasteiger partial charge in [-0.15, -0.1) is 0 Å². The molecule has 0 bridgehead atoms. The highest BCUT2D eigenvalue weighted by Crippen LogP contribution is 2.31. The Morgan fingerprint density at radius 3 is 2.85 bits per heavy atom. The maximum Gasteiger partial charge on any atom is 0.0981 e. The van der Waals surface area contributed by atoms with E-state index in [1.807, 2.05) is 18.2 Å². The van der Waals surface area contributed by atoms with Gasteiger partial charge in [-0.2, -0.15) is 5.10 Å². The first-order valence-electron chi connectivity index (χ1n) is 6.44. The predicted octanol–water partition coefficient (Wildman–Crippen LogP) is 2.65. The van der Waals surface area contributed by atoms with Crippen LogP contribution in [0.1, 0.15) is 13.8 Å². The van der Waals surface area contributed by atoms with Crippen LogP contribution in [0.15, 0.2) is 41.3 Å².